The lowest BCUT2D eigenvalue weighted by Gasteiger charge is -2.35. The minimum absolute atomic E-state index is 0.251. The van der Waals surface area contributed by atoms with Gasteiger partial charge in [-0.1, -0.05) is 19.3 Å². The van der Waals surface area contributed by atoms with Crippen LogP contribution in [0.1, 0.15) is 32.1 Å². The molecule has 1 saturated heterocycles. The average molecular weight is 425 g/mol. The summed E-state index contributed by atoms with van der Waals surface area (Å²) >= 11 is 0. The molecular formula is C17H17F6N3O3. The lowest BCUT2D eigenvalue weighted by molar-refractivity contribution is -0.274. The van der Waals surface area contributed by atoms with Gasteiger partial charge in [0, 0.05) is 6.04 Å². The first-order valence-corrected chi connectivity index (χ1v) is 8.80. The van der Waals surface area contributed by atoms with Gasteiger partial charge in [0.15, 0.2) is 0 Å². The van der Waals surface area contributed by atoms with E-state index in [2.05, 4.69) is 10.1 Å². The van der Waals surface area contributed by atoms with Crippen molar-refractivity contribution in [1.82, 2.24) is 10.6 Å². The zero-order valence-electron chi connectivity index (χ0n) is 14.9. The van der Waals surface area contributed by atoms with Gasteiger partial charge in [-0.05, 0) is 37.1 Å². The van der Waals surface area contributed by atoms with Crippen LogP contribution in [0.15, 0.2) is 24.3 Å². The van der Waals surface area contributed by atoms with E-state index in [1.54, 1.807) is 5.32 Å². The number of urea groups is 1. The van der Waals surface area contributed by atoms with Gasteiger partial charge in [-0.2, -0.15) is 13.2 Å². The fourth-order valence-corrected chi connectivity index (χ4v) is 3.49. The van der Waals surface area contributed by atoms with E-state index in [1.165, 1.54) is 0 Å². The molecule has 0 unspecified atom stereocenters. The van der Waals surface area contributed by atoms with Crippen LogP contribution in [0.3, 0.4) is 0 Å². The van der Waals surface area contributed by atoms with Crippen molar-refractivity contribution in [2.24, 2.45) is 0 Å². The number of carbonyl (C=O) groups is 2. The molecule has 160 valence electrons. The largest absolute Gasteiger partial charge is 0.573 e. The van der Waals surface area contributed by atoms with Gasteiger partial charge >= 0.3 is 18.6 Å². The standard InChI is InChI=1S/C17H17F6N3O3/c18-16(19,20)15(24-10-4-2-1-3-5-10)13(27)26(14(28)25-15)11-6-8-12(9-7-11)29-17(21,22)23/h6-10,24H,1-5H2,(H,25,28)/t15-/m1/s1. The molecule has 0 bridgehead atoms. The number of hydrogen-bond donors (Lipinski definition) is 2. The maximum atomic E-state index is 13.9. The lowest BCUT2D eigenvalue weighted by atomic mass is 9.93. The van der Waals surface area contributed by atoms with Crippen LogP contribution in [-0.2, 0) is 4.79 Å². The number of nitrogens with zero attached hydrogens (tertiary/aromatic N) is 1. The second-order valence-corrected chi connectivity index (χ2v) is 6.84. The summed E-state index contributed by atoms with van der Waals surface area (Å²) in [6, 6.07) is 1.44. The normalized spacial score (nSPS) is 24.0. The van der Waals surface area contributed by atoms with Crippen LogP contribution in [0.5, 0.6) is 5.75 Å². The van der Waals surface area contributed by atoms with Crippen molar-refractivity contribution >= 4 is 17.6 Å². The summed E-state index contributed by atoms with van der Waals surface area (Å²) in [5.41, 5.74) is -3.62. The van der Waals surface area contributed by atoms with Crippen LogP contribution in [-0.4, -0.2) is 36.2 Å². The molecule has 0 aromatic heterocycles. The summed E-state index contributed by atoms with van der Waals surface area (Å²) in [6.07, 6.45) is -7.00. The summed E-state index contributed by atoms with van der Waals surface area (Å²) in [4.78, 5) is 25.2. The molecule has 3 amide bonds. The second kappa shape index (κ2) is 7.39. The topological polar surface area (TPSA) is 70.7 Å². The Morgan fingerprint density at radius 1 is 1.00 bits per heavy atom. The molecule has 0 radical (unpaired) electrons. The van der Waals surface area contributed by atoms with Crippen molar-refractivity contribution in [3.8, 4) is 5.75 Å². The first-order valence-electron chi connectivity index (χ1n) is 8.80. The van der Waals surface area contributed by atoms with Crippen LogP contribution >= 0.6 is 0 Å². The molecule has 2 aliphatic rings. The number of hydrogen-bond acceptors (Lipinski definition) is 4. The zero-order chi connectivity index (χ0) is 21.4. The van der Waals surface area contributed by atoms with Gasteiger partial charge < -0.3 is 10.1 Å². The zero-order valence-corrected chi connectivity index (χ0v) is 14.9. The highest BCUT2D eigenvalue weighted by atomic mass is 19.4. The van der Waals surface area contributed by atoms with E-state index >= 15 is 0 Å². The summed E-state index contributed by atoms with van der Waals surface area (Å²) in [5, 5.41) is 3.97. The lowest BCUT2D eigenvalue weighted by Crippen LogP contribution is -2.70. The van der Waals surface area contributed by atoms with Gasteiger partial charge in [-0.15, -0.1) is 13.2 Å². The Bertz CT molecular complexity index is 774. The van der Waals surface area contributed by atoms with Crippen LogP contribution in [0.25, 0.3) is 0 Å². The van der Waals surface area contributed by atoms with Crippen molar-refractivity contribution in [2.75, 3.05) is 4.90 Å². The van der Waals surface area contributed by atoms with E-state index in [1.807, 2.05) is 0 Å². The number of ether oxygens (including phenoxy) is 1. The molecular weight excluding hydrogens is 408 g/mol. The molecule has 1 atom stereocenters. The highest BCUT2D eigenvalue weighted by Gasteiger charge is 2.68. The SMILES string of the molecule is O=C1N[C@@](NC2CCCCC2)(C(F)(F)F)C(=O)N1c1ccc(OC(F)(F)F)cc1. The predicted octanol–water partition coefficient (Wildman–Crippen LogP) is 3.82. The van der Waals surface area contributed by atoms with E-state index in [4.69, 9.17) is 0 Å². The third-order valence-corrected chi connectivity index (χ3v) is 4.80. The molecule has 1 heterocycles. The monoisotopic (exact) mass is 425 g/mol. The predicted molar refractivity (Wildman–Crippen MR) is 87.9 cm³/mol. The number of anilines is 1. The minimum Gasteiger partial charge on any atom is -0.406 e. The second-order valence-electron chi connectivity index (χ2n) is 6.84. The molecule has 1 saturated carbocycles. The number of nitrogens with one attached hydrogen (secondary N) is 2. The van der Waals surface area contributed by atoms with Crippen molar-refractivity contribution in [3.63, 3.8) is 0 Å². The number of amides is 3. The molecule has 0 spiro atoms. The average Bonchev–Trinajstić information content (AvgIpc) is 2.86. The molecule has 3 rings (SSSR count). The molecule has 1 aliphatic carbocycles. The van der Waals surface area contributed by atoms with E-state index in [0.717, 1.165) is 30.7 Å². The van der Waals surface area contributed by atoms with E-state index in [0.29, 0.717) is 25.7 Å². The van der Waals surface area contributed by atoms with E-state index in [9.17, 15) is 35.9 Å². The molecule has 2 N–H and O–H groups in total. The first-order chi connectivity index (χ1) is 13.4. The minimum atomic E-state index is -5.13. The quantitative estimate of drug-likeness (QED) is 0.569. The van der Waals surface area contributed by atoms with Crippen LogP contribution in [0.4, 0.5) is 36.8 Å². The third-order valence-electron chi connectivity index (χ3n) is 4.80. The number of carbonyl (C=O) groups excluding carboxylic acids is 2. The van der Waals surface area contributed by atoms with Gasteiger partial charge in [-0.25, -0.2) is 9.69 Å². The van der Waals surface area contributed by atoms with Crippen molar-refractivity contribution in [2.45, 2.75) is 56.3 Å². The molecule has 1 aliphatic heterocycles. The molecule has 12 heteroatoms. The smallest absolute Gasteiger partial charge is 0.406 e. The summed E-state index contributed by atoms with van der Waals surface area (Å²) in [5.74, 6) is -2.24. The molecule has 29 heavy (non-hydrogen) atoms. The maximum absolute atomic E-state index is 13.9. The Kier molecular flexibility index (Phi) is 5.41. The Hall–Kier alpha value is -2.50. The van der Waals surface area contributed by atoms with Gasteiger partial charge in [-0.3, -0.25) is 10.1 Å². The number of alkyl halides is 6. The molecule has 6 nitrogen and oxygen atoms in total. The Morgan fingerprint density at radius 2 is 1.59 bits per heavy atom. The number of imide groups is 1. The third kappa shape index (κ3) is 4.26. The van der Waals surface area contributed by atoms with Crippen LogP contribution in [0, 0.1) is 0 Å². The number of rotatable bonds is 4. The summed E-state index contributed by atoms with van der Waals surface area (Å²) in [7, 11) is 0. The van der Waals surface area contributed by atoms with Gasteiger partial charge in [0.05, 0.1) is 5.69 Å². The maximum Gasteiger partial charge on any atom is 0.573 e. The Balaban J connectivity index is 1.87. The fraction of sp³-hybridized carbons (Fsp3) is 0.529. The number of halogens is 6. The first kappa shape index (κ1) is 21.2. The van der Waals surface area contributed by atoms with Crippen molar-refractivity contribution < 1.29 is 40.7 Å². The van der Waals surface area contributed by atoms with Crippen molar-refractivity contribution in [3.05, 3.63) is 24.3 Å². The Morgan fingerprint density at radius 3 is 2.10 bits per heavy atom. The fourth-order valence-electron chi connectivity index (χ4n) is 3.49. The molecule has 1 aromatic carbocycles. The van der Waals surface area contributed by atoms with Crippen LogP contribution < -0.4 is 20.3 Å². The van der Waals surface area contributed by atoms with Gasteiger partial charge in [0.2, 0.25) is 0 Å². The van der Waals surface area contributed by atoms with E-state index < -0.39 is 41.9 Å². The summed E-state index contributed by atoms with van der Waals surface area (Å²) in [6.45, 7) is 0. The molecule has 2 fully saturated rings. The summed E-state index contributed by atoms with van der Waals surface area (Å²) < 4.78 is 82.0. The van der Waals surface area contributed by atoms with Gasteiger partial charge in [0.1, 0.15) is 5.75 Å². The highest BCUT2D eigenvalue weighted by molar-refractivity contribution is 6.23. The van der Waals surface area contributed by atoms with E-state index in [-0.39, 0.29) is 10.6 Å². The van der Waals surface area contributed by atoms with Crippen molar-refractivity contribution in [1.29, 1.82) is 0 Å². The highest BCUT2D eigenvalue weighted by Crippen LogP contribution is 2.37. The molecule has 1 aromatic rings. The Labute approximate surface area is 161 Å². The van der Waals surface area contributed by atoms with Crippen LogP contribution in [0.2, 0.25) is 0 Å². The number of benzene rings is 1. The van der Waals surface area contributed by atoms with Gasteiger partial charge in [0.25, 0.3) is 11.6 Å².